The summed E-state index contributed by atoms with van der Waals surface area (Å²) < 4.78 is 15.9. The second kappa shape index (κ2) is 5.32. The van der Waals surface area contributed by atoms with Crippen molar-refractivity contribution >= 4 is 5.91 Å². The molecule has 5 nitrogen and oxygen atoms in total. The fourth-order valence-electron chi connectivity index (χ4n) is 2.99. The number of amides is 1. The fraction of sp³-hybridized carbons (Fsp3) is 0.533. The maximum Gasteiger partial charge on any atom is 0.251 e. The highest BCUT2D eigenvalue weighted by molar-refractivity contribution is 5.95. The Morgan fingerprint density at radius 2 is 2.10 bits per heavy atom. The van der Waals surface area contributed by atoms with Gasteiger partial charge in [-0.2, -0.15) is 0 Å². The van der Waals surface area contributed by atoms with E-state index < -0.39 is 0 Å². The van der Waals surface area contributed by atoms with E-state index in [0.717, 1.165) is 19.4 Å². The third kappa shape index (κ3) is 2.22. The van der Waals surface area contributed by atoms with E-state index in [9.17, 15) is 4.79 Å². The van der Waals surface area contributed by atoms with Gasteiger partial charge in [0.25, 0.3) is 5.91 Å². The summed E-state index contributed by atoms with van der Waals surface area (Å²) in [5, 5.41) is 3.08. The van der Waals surface area contributed by atoms with Gasteiger partial charge in [-0.15, -0.1) is 0 Å². The summed E-state index contributed by atoms with van der Waals surface area (Å²) in [4.78, 5) is 12.3. The number of benzene rings is 1. The van der Waals surface area contributed by atoms with E-state index in [1.54, 1.807) is 32.4 Å². The third-order valence-corrected chi connectivity index (χ3v) is 4.23. The van der Waals surface area contributed by atoms with Gasteiger partial charge in [0, 0.05) is 24.1 Å². The van der Waals surface area contributed by atoms with E-state index in [2.05, 4.69) is 5.32 Å². The fourth-order valence-corrected chi connectivity index (χ4v) is 2.99. The second-order valence-electron chi connectivity index (χ2n) is 5.25. The zero-order valence-electron chi connectivity index (χ0n) is 11.7. The van der Waals surface area contributed by atoms with Gasteiger partial charge in [0.15, 0.2) is 11.5 Å². The molecule has 0 radical (unpaired) electrons. The molecule has 1 heterocycles. The molecule has 0 aromatic heterocycles. The molecule has 0 spiro atoms. The molecule has 2 aliphatic rings. The summed E-state index contributed by atoms with van der Waals surface area (Å²) >= 11 is 0. The van der Waals surface area contributed by atoms with E-state index in [-0.39, 0.29) is 11.9 Å². The summed E-state index contributed by atoms with van der Waals surface area (Å²) in [5.41, 5.74) is 0.588. The maximum absolute atomic E-state index is 12.3. The highest BCUT2D eigenvalue weighted by atomic mass is 16.5. The molecule has 1 N–H and O–H groups in total. The number of hydrogen-bond donors (Lipinski definition) is 1. The topological polar surface area (TPSA) is 56.8 Å². The van der Waals surface area contributed by atoms with Crippen LogP contribution in [-0.2, 0) is 4.74 Å². The first kappa shape index (κ1) is 13.2. The van der Waals surface area contributed by atoms with Crippen LogP contribution in [0, 0.1) is 5.92 Å². The van der Waals surface area contributed by atoms with Crippen LogP contribution in [0.4, 0.5) is 0 Å². The number of nitrogens with one attached hydrogen (secondary N) is 1. The van der Waals surface area contributed by atoms with Crippen molar-refractivity contribution in [3.8, 4) is 11.5 Å². The molecule has 108 valence electrons. The van der Waals surface area contributed by atoms with Crippen molar-refractivity contribution in [2.24, 2.45) is 5.92 Å². The Morgan fingerprint density at radius 3 is 2.80 bits per heavy atom. The van der Waals surface area contributed by atoms with Crippen molar-refractivity contribution in [1.29, 1.82) is 0 Å². The predicted molar refractivity (Wildman–Crippen MR) is 73.3 cm³/mol. The van der Waals surface area contributed by atoms with Crippen molar-refractivity contribution in [2.75, 3.05) is 20.8 Å². The number of carbonyl (C=O) groups excluding carboxylic acids is 1. The van der Waals surface area contributed by atoms with Crippen LogP contribution in [0.15, 0.2) is 18.2 Å². The molecule has 1 aromatic carbocycles. The van der Waals surface area contributed by atoms with Crippen LogP contribution in [0.2, 0.25) is 0 Å². The SMILES string of the molecule is COc1ccc(C(=O)N[C@@H]2C[C@H]3OCC[C@@H]23)cc1OC. The van der Waals surface area contributed by atoms with Crippen LogP contribution >= 0.6 is 0 Å². The zero-order valence-corrected chi connectivity index (χ0v) is 11.7. The first-order valence-electron chi connectivity index (χ1n) is 6.87. The first-order chi connectivity index (χ1) is 9.72. The molecule has 0 bridgehead atoms. The Kier molecular flexibility index (Phi) is 3.53. The van der Waals surface area contributed by atoms with Gasteiger partial charge in [-0.25, -0.2) is 0 Å². The van der Waals surface area contributed by atoms with Gasteiger partial charge in [-0.05, 0) is 31.0 Å². The van der Waals surface area contributed by atoms with Gasteiger partial charge in [-0.1, -0.05) is 0 Å². The molecule has 0 unspecified atom stereocenters. The summed E-state index contributed by atoms with van der Waals surface area (Å²) in [7, 11) is 3.14. The zero-order chi connectivity index (χ0) is 14.1. The Labute approximate surface area is 118 Å². The molecule has 3 atom stereocenters. The lowest BCUT2D eigenvalue weighted by Crippen LogP contribution is -2.53. The number of methoxy groups -OCH3 is 2. The third-order valence-electron chi connectivity index (χ3n) is 4.23. The number of ether oxygens (including phenoxy) is 3. The predicted octanol–water partition coefficient (Wildman–Crippen LogP) is 1.61. The van der Waals surface area contributed by atoms with E-state index >= 15 is 0 Å². The molecule has 5 heteroatoms. The van der Waals surface area contributed by atoms with Crippen molar-refractivity contribution in [2.45, 2.75) is 25.0 Å². The minimum absolute atomic E-state index is 0.0682. The van der Waals surface area contributed by atoms with Crippen molar-refractivity contribution in [3.63, 3.8) is 0 Å². The normalized spacial score (nSPS) is 27.4. The Balaban J connectivity index is 1.68. The Morgan fingerprint density at radius 1 is 1.30 bits per heavy atom. The highest BCUT2D eigenvalue weighted by Crippen LogP contribution is 2.38. The second-order valence-corrected chi connectivity index (χ2v) is 5.25. The van der Waals surface area contributed by atoms with Gasteiger partial charge in [0.05, 0.1) is 20.3 Å². The van der Waals surface area contributed by atoms with Crippen molar-refractivity contribution in [3.05, 3.63) is 23.8 Å². The Hall–Kier alpha value is -1.75. The summed E-state index contributed by atoms with van der Waals surface area (Å²) in [6.07, 6.45) is 2.32. The molecular weight excluding hydrogens is 258 g/mol. The van der Waals surface area contributed by atoms with Gasteiger partial charge < -0.3 is 19.5 Å². The highest BCUT2D eigenvalue weighted by Gasteiger charge is 2.45. The van der Waals surface area contributed by atoms with E-state index in [1.807, 2.05) is 0 Å². The summed E-state index contributed by atoms with van der Waals surface area (Å²) in [6.45, 7) is 0.818. The molecule has 1 saturated heterocycles. The van der Waals surface area contributed by atoms with Crippen molar-refractivity contribution < 1.29 is 19.0 Å². The Bertz CT molecular complexity index is 517. The quantitative estimate of drug-likeness (QED) is 0.908. The molecule has 3 rings (SSSR count). The van der Waals surface area contributed by atoms with Crippen LogP contribution in [0.5, 0.6) is 11.5 Å². The molecule has 20 heavy (non-hydrogen) atoms. The van der Waals surface area contributed by atoms with Crippen LogP contribution in [0.25, 0.3) is 0 Å². The van der Waals surface area contributed by atoms with Crippen LogP contribution in [0.3, 0.4) is 0 Å². The lowest BCUT2D eigenvalue weighted by Gasteiger charge is -2.39. The lowest BCUT2D eigenvalue weighted by atomic mass is 9.76. The smallest absolute Gasteiger partial charge is 0.251 e. The van der Waals surface area contributed by atoms with Crippen LogP contribution < -0.4 is 14.8 Å². The number of carbonyl (C=O) groups is 1. The molecule has 1 amide bonds. The number of fused-ring (bicyclic) bond motifs is 1. The maximum atomic E-state index is 12.3. The summed E-state index contributed by atoms with van der Waals surface area (Å²) in [6, 6.07) is 5.44. The number of rotatable bonds is 4. The molecule has 1 saturated carbocycles. The average molecular weight is 277 g/mol. The van der Waals surface area contributed by atoms with Gasteiger partial charge >= 0.3 is 0 Å². The lowest BCUT2D eigenvalue weighted by molar-refractivity contribution is 0.00809. The van der Waals surface area contributed by atoms with Crippen LogP contribution in [0.1, 0.15) is 23.2 Å². The first-order valence-corrected chi connectivity index (χ1v) is 6.87. The van der Waals surface area contributed by atoms with Gasteiger partial charge in [0.2, 0.25) is 0 Å². The molecule has 1 aliphatic heterocycles. The largest absolute Gasteiger partial charge is 0.493 e. The molecule has 1 aromatic rings. The average Bonchev–Trinajstić information content (AvgIpc) is 2.84. The van der Waals surface area contributed by atoms with E-state index in [1.165, 1.54) is 0 Å². The minimum Gasteiger partial charge on any atom is -0.493 e. The summed E-state index contributed by atoms with van der Waals surface area (Å²) in [5.74, 6) is 1.60. The van der Waals surface area contributed by atoms with E-state index in [0.29, 0.717) is 29.1 Å². The number of hydrogen-bond acceptors (Lipinski definition) is 4. The van der Waals surface area contributed by atoms with Gasteiger partial charge in [0.1, 0.15) is 0 Å². The van der Waals surface area contributed by atoms with Crippen molar-refractivity contribution in [1.82, 2.24) is 5.32 Å². The molecule has 2 fully saturated rings. The standard InChI is InChI=1S/C15H19NO4/c1-18-12-4-3-9(7-14(12)19-2)15(17)16-11-8-13-10(11)5-6-20-13/h3-4,7,10-11,13H,5-6,8H2,1-2H3,(H,16,17)/t10-,11+,13+/m0/s1. The monoisotopic (exact) mass is 277 g/mol. The van der Waals surface area contributed by atoms with E-state index in [4.69, 9.17) is 14.2 Å². The minimum atomic E-state index is -0.0682. The van der Waals surface area contributed by atoms with Crippen LogP contribution in [-0.4, -0.2) is 38.9 Å². The van der Waals surface area contributed by atoms with Gasteiger partial charge in [-0.3, -0.25) is 4.79 Å². The molecule has 1 aliphatic carbocycles. The molecular formula is C15H19NO4.